The average Bonchev–Trinajstić information content (AvgIpc) is 2.15. The van der Waals surface area contributed by atoms with E-state index in [9.17, 15) is 17.6 Å². The topological polar surface area (TPSA) is 35.2 Å². The smallest absolute Gasteiger partial charge is 0.407 e. The number of hydrogen-bond donors (Lipinski definition) is 1. The maximum atomic E-state index is 13.1. The van der Waals surface area contributed by atoms with Crippen LogP contribution in [0.3, 0.4) is 0 Å². The van der Waals surface area contributed by atoms with E-state index in [2.05, 4.69) is 4.74 Å². The molecule has 15 heavy (non-hydrogen) atoms. The predicted octanol–water partition coefficient (Wildman–Crippen LogP) is 2.40. The summed E-state index contributed by atoms with van der Waals surface area (Å²) in [5, 5.41) is 0. The van der Waals surface area contributed by atoms with E-state index < -0.39 is 18.0 Å². The van der Waals surface area contributed by atoms with Gasteiger partial charge in [-0.2, -0.15) is 13.2 Å². The van der Waals surface area contributed by atoms with Crippen molar-refractivity contribution < 1.29 is 22.3 Å². The van der Waals surface area contributed by atoms with Crippen LogP contribution in [-0.2, 0) is 0 Å². The van der Waals surface area contributed by atoms with E-state index in [4.69, 9.17) is 5.73 Å². The van der Waals surface area contributed by atoms with Crippen LogP contribution in [-0.4, -0.2) is 13.3 Å². The van der Waals surface area contributed by atoms with Crippen molar-refractivity contribution in [1.29, 1.82) is 0 Å². The molecule has 1 rings (SSSR count). The fourth-order valence-corrected chi connectivity index (χ4v) is 1.07. The molecule has 0 saturated carbocycles. The van der Waals surface area contributed by atoms with E-state index in [0.29, 0.717) is 0 Å². The molecule has 0 fully saturated rings. The van der Waals surface area contributed by atoms with Crippen molar-refractivity contribution in [2.24, 2.45) is 5.73 Å². The molecule has 0 aliphatic carbocycles. The highest BCUT2D eigenvalue weighted by Crippen LogP contribution is 2.32. The molecule has 1 atom stereocenters. The quantitative estimate of drug-likeness (QED) is 0.781. The lowest BCUT2D eigenvalue weighted by Gasteiger charge is -2.16. The maximum absolute atomic E-state index is 13.1. The number of benzene rings is 1. The lowest BCUT2D eigenvalue weighted by atomic mass is 10.1. The molecular formula is C9H9F4NO. The molecule has 0 aromatic heterocycles. The van der Waals surface area contributed by atoms with E-state index in [1.807, 2.05) is 0 Å². The average molecular weight is 223 g/mol. The summed E-state index contributed by atoms with van der Waals surface area (Å²) in [6.07, 6.45) is -4.58. The molecule has 0 aliphatic rings. The Balaban J connectivity index is 3.02. The van der Waals surface area contributed by atoms with Gasteiger partial charge in [0.2, 0.25) is 0 Å². The first-order valence-electron chi connectivity index (χ1n) is 4.02. The predicted molar refractivity (Wildman–Crippen MR) is 45.9 cm³/mol. The van der Waals surface area contributed by atoms with E-state index in [1.165, 1.54) is 7.11 Å². The minimum Gasteiger partial charge on any atom is -0.494 e. The van der Waals surface area contributed by atoms with Crippen LogP contribution >= 0.6 is 0 Å². The highest BCUT2D eigenvalue weighted by molar-refractivity contribution is 5.31. The molecule has 0 radical (unpaired) electrons. The Kier molecular flexibility index (Phi) is 3.18. The number of methoxy groups -OCH3 is 1. The van der Waals surface area contributed by atoms with Crippen molar-refractivity contribution in [2.45, 2.75) is 12.2 Å². The number of ether oxygens (including phenoxy) is 1. The summed E-state index contributed by atoms with van der Waals surface area (Å²) in [5.41, 5.74) is 4.57. The minimum absolute atomic E-state index is 0.117. The van der Waals surface area contributed by atoms with Gasteiger partial charge in [-0.15, -0.1) is 0 Å². The van der Waals surface area contributed by atoms with Crippen LogP contribution < -0.4 is 10.5 Å². The highest BCUT2D eigenvalue weighted by Gasteiger charge is 2.38. The van der Waals surface area contributed by atoms with Crippen LogP contribution in [0.15, 0.2) is 18.2 Å². The Bertz CT molecular complexity index is 350. The van der Waals surface area contributed by atoms with Crippen molar-refractivity contribution in [1.82, 2.24) is 0 Å². The second-order valence-electron chi connectivity index (χ2n) is 2.91. The largest absolute Gasteiger partial charge is 0.494 e. The molecule has 2 N–H and O–H groups in total. The van der Waals surface area contributed by atoms with Gasteiger partial charge in [0, 0.05) is 0 Å². The van der Waals surface area contributed by atoms with Crippen molar-refractivity contribution in [3.8, 4) is 5.75 Å². The Labute approximate surface area is 83.6 Å². The summed E-state index contributed by atoms with van der Waals surface area (Å²) in [7, 11) is 1.22. The molecule has 0 heterocycles. The summed E-state index contributed by atoms with van der Waals surface area (Å²) in [6.45, 7) is 0. The van der Waals surface area contributed by atoms with Crippen molar-refractivity contribution in [3.05, 3.63) is 29.6 Å². The molecule has 0 spiro atoms. The van der Waals surface area contributed by atoms with Crippen LogP contribution in [0.4, 0.5) is 17.6 Å². The van der Waals surface area contributed by atoms with Gasteiger partial charge in [-0.1, -0.05) is 6.07 Å². The Hall–Kier alpha value is -1.30. The molecule has 0 aliphatic heterocycles. The number of hydrogen-bond acceptors (Lipinski definition) is 2. The van der Waals surface area contributed by atoms with Gasteiger partial charge >= 0.3 is 6.18 Å². The van der Waals surface area contributed by atoms with Crippen LogP contribution in [0.5, 0.6) is 5.75 Å². The molecule has 0 saturated heterocycles. The van der Waals surface area contributed by atoms with E-state index in [0.717, 1.165) is 18.2 Å². The second-order valence-corrected chi connectivity index (χ2v) is 2.91. The SMILES string of the molecule is COc1ccc([C@@H](N)C(F)(F)F)cc1F. The van der Waals surface area contributed by atoms with Gasteiger partial charge < -0.3 is 10.5 Å². The van der Waals surface area contributed by atoms with E-state index in [-0.39, 0.29) is 11.3 Å². The van der Waals surface area contributed by atoms with Crippen LogP contribution in [0, 0.1) is 5.82 Å². The van der Waals surface area contributed by atoms with Gasteiger partial charge in [-0.05, 0) is 17.7 Å². The number of rotatable bonds is 2. The monoisotopic (exact) mass is 223 g/mol. The number of nitrogens with two attached hydrogens (primary N) is 1. The van der Waals surface area contributed by atoms with Gasteiger partial charge in [0.1, 0.15) is 6.04 Å². The van der Waals surface area contributed by atoms with Gasteiger partial charge in [0.25, 0.3) is 0 Å². The molecule has 2 nitrogen and oxygen atoms in total. The maximum Gasteiger partial charge on any atom is 0.407 e. The van der Waals surface area contributed by atoms with Crippen molar-refractivity contribution in [3.63, 3.8) is 0 Å². The Morgan fingerprint density at radius 3 is 2.33 bits per heavy atom. The molecule has 6 heteroatoms. The molecule has 1 aromatic rings. The molecule has 84 valence electrons. The van der Waals surface area contributed by atoms with E-state index in [1.54, 1.807) is 0 Å². The second kappa shape index (κ2) is 4.06. The van der Waals surface area contributed by atoms with Crippen LogP contribution in [0.2, 0.25) is 0 Å². The zero-order chi connectivity index (χ0) is 11.6. The molecule has 0 amide bonds. The summed E-state index contributed by atoms with van der Waals surface area (Å²) in [6, 6.07) is 0.728. The van der Waals surface area contributed by atoms with Gasteiger partial charge in [-0.25, -0.2) is 4.39 Å². The van der Waals surface area contributed by atoms with Crippen LogP contribution in [0.1, 0.15) is 11.6 Å². The fourth-order valence-electron chi connectivity index (χ4n) is 1.07. The van der Waals surface area contributed by atoms with Gasteiger partial charge in [-0.3, -0.25) is 0 Å². The lowest BCUT2D eigenvalue weighted by Crippen LogP contribution is -2.28. The van der Waals surface area contributed by atoms with Crippen molar-refractivity contribution in [2.75, 3.05) is 7.11 Å². The first kappa shape index (κ1) is 11.8. The summed E-state index contributed by atoms with van der Waals surface area (Å²) >= 11 is 0. The first-order valence-corrected chi connectivity index (χ1v) is 4.02. The number of alkyl halides is 3. The van der Waals surface area contributed by atoms with Gasteiger partial charge in [0.05, 0.1) is 7.11 Å². The summed E-state index contributed by atoms with van der Waals surface area (Å²) in [5.74, 6) is -0.983. The minimum atomic E-state index is -4.58. The molecule has 1 aromatic carbocycles. The third-order valence-corrected chi connectivity index (χ3v) is 1.89. The Morgan fingerprint density at radius 2 is 1.93 bits per heavy atom. The zero-order valence-corrected chi connectivity index (χ0v) is 7.81. The van der Waals surface area contributed by atoms with Crippen LogP contribution in [0.25, 0.3) is 0 Å². The normalized spacial score (nSPS) is 13.7. The highest BCUT2D eigenvalue weighted by atomic mass is 19.4. The lowest BCUT2D eigenvalue weighted by molar-refractivity contribution is -0.149. The summed E-state index contributed by atoms with van der Waals surface area (Å²) in [4.78, 5) is 0. The fraction of sp³-hybridized carbons (Fsp3) is 0.333. The third kappa shape index (κ3) is 2.59. The Morgan fingerprint density at radius 1 is 1.33 bits per heavy atom. The molecular weight excluding hydrogens is 214 g/mol. The third-order valence-electron chi connectivity index (χ3n) is 1.89. The van der Waals surface area contributed by atoms with Crippen molar-refractivity contribution >= 4 is 0 Å². The zero-order valence-electron chi connectivity index (χ0n) is 7.81. The van der Waals surface area contributed by atoms with Gasteiger partial charge in [0.15, 0.2) is 11.6 Å². The standard InChI is InChI=1S/C9H9F4NO/c1-15-7-3-2-5(4-6(7)10)8(14)9(11,12)13/h2-4,8H,14H2,1H3/t8-/m1/s1. The molecule has 0 unspecified atom stereocenters. The molecule has 0 bridgehead atoms. The number of halogens is 4. The summed E-state index contributed by atoms with van der Waals surface area (Å²) < 4.78 is 54.1. The first-order chi connectivity index (χ1) is 6.86. The van der Waals surface area contributed by atoms with E-state index >= 15 is 0 Å².